The van der Waals surface area contributed by atoms with Crippen LogP contribution in [0.5, 0.6) is 0 Å². The molecule has 1 atom stereocenters. The van der Waals surface area contributed by atoms with Crippen LogP contribution >= 0.6 is 0 Å². The first-order valence-electron chi connectivity index (χ1n) is 12.7. The van der Waals surface area contributed by atoms with Crippen LogP contribution in [-0.2, 0) is 13.0 Å². The minimum atomic E-state index is -0.405. The zero-order valence-corrected chi connectivity index (χ0v) is 21.2. The average molecular weight is 512 g/mol. The molecule has 2 aliphatic heterocycles. The number of urea groups is 1. The first-order chi connectivity index (χ1) is 18.5. The van der Waals surface area contributed by atoms with E-state index in [1.54, 1.807) is 11.0 Å². The molecule has 1 saturated heterocycles. The van der Waals surface area contributed by atoms with Crippen LogP contribution in [0.25, 0.3) is 0 Å². The molecule has 8 nitrogen and oxygen atoms in total. The number of carbonyl (C=O) groups excluding carboxylic acids is 1. The van der Waals surface area contributed by atoms with E-state index >= 15 is 0 Å². The van der Waals surface area contributed by atoms with Crippen molar-refractivity contribution in [2.75, 3.05) is 31.5 Å². The molecule has 0 aliphatic carbocycles. The fraction of sp³-hybridized carbons (Fsp3) is 0.276. The summed E-state index contributed by atoms with van der Waals surface area (Å²) in [7, 11) is 0. The Kier molecular flexibility index (Phi) is 7.52. The predicted molar refractivity (Wildman–Crippen MR) is 145 cm³/mol. The van der Waals surface area contributed by atoms with Gasteiger partial charge in [0.1, 0.15) is 5.82 Å². The van der Waals surface area contributed by atoms with Crippen LogP contribution in [0.4, 0.5) is 20.6 Å². The average Bonchev–Trinajstić information content (AvgIpc) is 2.95. The van der Waals surface area contributed by atoms with Gasteiger partial charge in [0.15, 0.2) is 6.19 Å². The van der Waals surface area contributed by atoms with Gasteiger partial charge in [-0.05, 0) is 60.3 Å². The largest absolute Gasteiger partial charge is 0.338 e. The van der Waals surface area contributed by atoms with Crippen LogP contribution in [0.15, 0.2) is 71.7 Å². The quantitative estimate of drug-likeness (QED) is 0.209. The maximum atomic E-state index is 13.9. The highest BCUT2D eigenvalue weighted by Crippen LogP contribution is 2.29. The monoisotopic (exact) mass is 511 g/mol. The minimum absolute atomic E-state index is 0.302. The number of guanidine groups is 1. The van der Waals surface area contributed by atoms with Gasteiger partial charge >= 0.3 is 6.03 Å². The lowest BCUT2D eigenvalue weighted by Gasteiger charge is -2.42. The third-order valence-corrected chi connectivity index (χ3v) is 7.08. The van der Waals surface area contributed by atoms with Gasteiger partial charge in [-0.2, -0.15) is 5.26 Å². The number of benzene rings is 3. The third kappa shape index (κ3) is 5.45. The Morgan fingerprint density at radius 1 is 1.13 bits per heavy atom. The zero-order valence-electron chi connectivity index (χ0n) is 21.2. The van der Waals surface area contributed by atoms with Crippen LogP contribution in [0.2, 0.25) is 0 Å². The van der Waals surface area contributed by atoms with Gasteiger partial charge in [-0.1, -0.05) is 48.5 Å². The lowest BCUT2D eigenvalue weighted by atomic mass is 9.99. The van der Waals surface area contributed by atoms with E-state index in [1.165, 1.54) is 23.3 Å². The fourth-order valence-electron chi connectivity index (χ4n) is 5.05. The van der Waals surface area contributed by atoms with Crippen LogP contribution in [0.1, 0.15) is 28.3 Å². The zero-order chi connectivity index (χ0) is 26.5. The SMILES string of the molecule is Cc1ccc(F)cc1NC(=O)N1CCN(C(=Nc2cccc3c2CCNC3)NC#N)CC1c1ccccc1. The number of carbonyl (C=O) groups is 1. The number of amides is 2. The number of nitrogens with zero attached hydrogens (tertiary/aromatic N) is 4. The maximum Gasteiger partial charge on any atom is 0.322 e. The lowest BCUT2D eigenvalue weighted by Crippen LogP contribution is -2.55. The van der Waals surface area contributed by atoms with Crippen molar-refractivity contribution in [3.63, 3.8) is 0 Å². The number of hydrogen-bond donors (Lipinski definition) is 3. The molecule has 1 fully saturated rings. The highest BCUT2D eigenvalue weighted by molar-refractivity contribution is 5.91. The van der Waals surface area contributed by atoms with E-state index in [1.807, 2.05) is 60.5 Å². The van der Waals surface area contributed by atoms with Crippen molar-refractivity contribution in [3.05, 3.63) is 94.8 Å². The summed E-state index contributed by atoms with van der Waals surface area (Å²) >= 11 is 0. The van der Waals surface area contributed by atoms with Crippen molar-refractivity contribution in [2.24, 2.45) is 4.99 Å². The molecule has 1 unspecified atom stereocenters. The van der Waals surface area contributed by atoms with Gasteiger partial charge in [0.05, 0.1) is 11.7 Å². The summed E-state index contributed by atoms with van der Waals surface area (Å²) in [5.74, 6) is 0.0547. The first-order valence-corrected chi connectivity index (χ1v) is 12.7. The number of halogens is 1. The summed E-state index contributed by atoms with van der Waals surface area (Å²) in [5, 5.41) is 18.6. The van der Waals surface area contributed by atoms with Gasteiger partial charge in [0.2, 0.25) is 5.96 Å². The van der Waals surface area contributed by atoms with E-state index in [9.17, 15) is 14.4 Å². The number of aryl methyl sites for hydroxylation is 1. The number of piperazine rings is 1. The normalized spacial score (nSPS) is 17.4. The molecule has 3 N–H and O–H groups in total. The molecule has 0 bridgehead atoms. The molecule has 5 rings (SSSR count). The Hall–Kier alpha value is -4.42. The highest BCUT2D eigenvalue weighted by atomic mass is 19.1. The van der Waals surface area contributed by atoms with Crippen molar-refractivity contribution in [2.45, 2.75) is 25.9 Å². The van der Waals surface area contributed by atoms with E-state index in [2.05, 4.69) is 22.0 Å². The summed E-state index contributed by atoms with van der Waals surface area (Å²) in [6.45, 7) is 4.81. The summed E-state index contributed by atoms with van der Waals surface area (Å²) in [4.78, 5) is 22.1. The molecular formula is C29H30FN7O. The van der Waals surface area contributed by atoms with Gasteiger partial charge in [0.25, 0.3) is 0 Å². The summed E-state index contributed by atoms with van der Waals surface area (Å²) in [6, 6.07) is 19.6. The molecule has 0 spiro atoms. The molecule has 2 amide bonds. The Morgan fingerprint density at radius 3 is 2.79 bits per heavy atom. The molecule has 0 radical (unpaired) electrons. The summed E-state index contributed by atoms with van der Waals surface area (Å²) in [5.41, 5.74) is 5.43. The van der Waals surface area contributed by atoms with Gasteiger partial charge in [-0.3, -0.25) is 5.32 Å². The van der Waals surface area contributed by atoms with Crippen LogP contribution < -0.4 is 16.0 Å². The second-order valence-electron chi connectivity index (χ2n) is 9.47. The standard InChI is InChI=1S/C29H30FN7O/c1-20-10-11-23(30)16-26(20)35-29(38)37-15-14-36(18-27(37)21-6-3-2-4-7-21)28(33-19-31)34-25-9-5-8-22-17-32-13-12-24(22)25/h2-11,16,27,32H,12-15,17-18H2,1H3,(H,33,34)(H,35,38). The first kappa shape index (κ1) is 25.2. The van der Waals surface area contributed by atoms with Crippen molar-refractivity contribution in [3.8, 4) is 6.19 Å². The van der Waals surface area contributed by atoms with Crippen LogP contribution in [-0.4, -0.2) is 48.0 Å². The smallest absolute Gasteiger partial charge is 0.322 e. The van der Waals surface area contributed by atoms with E-state index in [-0.39, 0.29) is 12.1 Å². The van der Waals surface area contributed by atoms with E-state index < -0.39 is 5.82 Å². The number of hydrogen-bond acceptors (Lipinski definition) is 4. The summed E-state index contributed by atoms with van der Waals surface area (Å²) < 4.78 is 13.9. The second kappa shape index (κ2) is 11.3. The van der Waals surface area contributed by atoms with E-state index in [4.69, 9.17) is 4.99 Å². The van der Waals surface area contributed by atoms with Gasteiger partial charge in [-0.15, -0.1) is 0 Å². The molecule has 38 heavy (non-hydrogen) atoms. The molecule has 0 aromatic heterocycles. The number of nitrogens with one attached hydrogen (secondary N) is 3. The van der Waals surface area contributed by atoms with Crippen LogP contribution in [0.3, 0.4) is 0 Å². The number of nitriles is 1. The van der Waals surface area contributed by atoms with E-state index in [0.29, 0.717) is 31.3 Å². The van der Waals surface area contributed by atoms with Gasteiger partial charge in [-0.25, -0.2) is 14.2 Å². The molecule has 2 heterocycles. The van der Waals surface area contributed by atoms with Gasteiger partial charge < -0.3 is 20.4 Å². The topological polar surface area (TPSA) is 95.8 Å². The Bertz CT molecular complexity index is 1390. The predicted octanol–water partition coefficient (Wildman–Crippen LogP) is 4.43. The molecule has 3 aromatic rings. The number of rotatable bonds is 3. The number of fused-ring (bicyclic) bond motifs is 1. The molecule has 9 heteroatoms. The molecule has 0 saturated carbocycles. The Morgan fingerprint density at radius 2 is 1.97 bits per heavy atom. The number of aliphatic imine (C=N–C) groups is 1. The summed E-state index contributed by atoms with van der Waals surface area (Å²) in [6.07, 6.45) is 2.90. The van der Waals surface area contributed by atoms with Crippen molar-refractivity contribution < 1.29 is 9.18 Å². The van der Waals surface area contributed by atoms with Gasteiger partial charge in [0, 0.05) is 31.9 Å². The van der Waals surface area contributed by atoms with E-state index in [0.717, 1.165) is 36.3 Å². The van der Waals surface area contributed by atoms with Crippen molar-refractivity contribution >= 4 is 23.4 Å². The third-order valence-electron chi connectivity index (χ3n) is 7.08. The number of anilines is 1. The Balaban J connectivity index is 1.44. The van der Waals surface area contributed by atoms with Crippen molar-refractivity contribution in [1.82, 2.24) is 20.4 Å². The van der Waals surface area contributed by atoms with Crippen molar-refractivity contribution in [1.29, 1.82) is 5.26 Å². The fourth-order valence-corrected chi connectivity index (χ4v) is 5.05. The van der Waals surface area contributed by atoms with Crippen LogP contribution in [0, 0.1) is 24.2 Å². The Labute approximate surface area is 221 Å². The minimum Gasteiger partial charge on any atom is -0.338 e. The molecular weight excluding hydrogens is 481 g/mol. The molecule has 3 aromatic carbocycles. The molecule has 194 valence electrons. The molecule has 2 aliphatic rings. The maximum absolute atomic E-state index is 13.9. The lowest BCUT2D eigenvalue weighted by molar-refractivity contribution is 0.135. The second-order valence-corrected chi connectivity index (χ2v) is 9.47. The highest BCUT2D eigenvalue weighted by Gasteiger charge is 2.33.